The summed E-state index contributed by atoms with van der Waals surface area (Å²) >= 11 is 0. The Morgan fingerprint density at radius 3 is 2.77 bits per heavy atom. The molecule has 3 aromatic rings. The van der Waals surface area contributed by atoms with Crippen LogP contribution in [0.3, 0.4) is 0 Å². The summed E-state index contributed by atoms with van der Waals surface area (Å²) in [7, 11) is 0. The van der Waals surface area contributed by atoms with Crippen molar-refractivity contribution in [2.75, 3.05) is 5.32 Å². The molecule has 132 valence electrons. The summed E-state index contributed by atoms with van der Waals surface area (Å²) in [6, 6.07) is 12.9. The van der Waals surface area contributed by atoms with Crippen molar-refractivity contribution >= 4 is 11.9 Å². The standard InChI is InChI=1S/C18H18N6O2/c1-11-8-9-14(26-11)16-15(12(2)20-18-21-22-23-24(16)18)17(25)19-10-13-6-4-3-5-7-13/h3-9,16H,10H2,1-2H3,(H,19,25)(H,20,21,23)/t16-/m1/s1. The predicted octanol–water partition coefficient (Wildman–Crippen LogP) is 2.18. The van der Waals surface area contributed by atoms with Crippen molar-refractivity contribution in [2.45, 2.75) is 26.4 Å². The zero-order valence-electron chi connectivity index (χ0n) is 14.4. The maximum atomic E-state index is 13.0. The highest BCUT2D eigenvalue weighted by atomic mass is 16.3. The number of hydrogen-bond acceptors (Lipinski definition) is 6. The number of rotatable bonds is 4. The minimum atomic E-state index is -0.522. The Balaban J connectivity index is 1.66. The second-order valence-corrected chi connectivity index (χ2v) is 6.13. The molecule has 8 nitrogen and oxygen atoms in total. The first-order valence-electron chi connectivity index (χ1n) is 8.27. The monoisotopic (exact) mass is 350 g/mol. The molecule has 4 rings (SSSR count). The summed E-state index contributed by atoms with van der Waals surface area (Å²) in [6.45, 7) is 4.12. The predicted molar refractivity (Wildman–Crippen MR) is 94.0 cm³/mol. The number of nitrogens with one attached hydrogen (secondary N) is 2. The van der Waals surface area contributed by atoms with Gasteiger partial charge in [-0.3, -0.25) is 4.79 Å². The molecule has 1 aromatic carbocycles. The molecule has 0 bridgehead atoms. The lowest BCUT2D eigenvalue weighted by Gasteiger charge is -2.26. The van der Waals surface area contributed by atoms with Crippen LogP contribution < -0.4 is 10.6 Å². The maximum absolute atomic E-state index is 13.0. The SMILES string of the molecule is CC1=C(C(=O)NCc2ccccc2)[C@@H](c2ccc(C)o2)n2nnnc2N1. The fourth-order valence-electron chi connectivity index (χ4n) is 3.04. The number of carbonyl (C=O) groups is 1. The molecular formula is C18H18N6O2. The minimum absolute atomic E-state index is 0.195. The molecule has 0 unspecified atom stereocenters. The number of tetrazole rings is 1. The van der Waals surface area contributed by atoms with E-state index in [9.17, 15) is 4.79 Å². The van der Waals surface area contributed by atoms with Gasteiger partial charge in [-0.2, -0.15) is 4.68 Å². The van der Waals surface area contributed by atoms with Crippen LogP contribution in [-0.4, -0.2) is 26.1 Å². The third-order valence-electron chi connectivity index (χ3n) is 4.29. The van der Waals surface area contributed by atoms with E-state index in [0.29, 0.717) is 29.5 Å². The molecule has 1 atom stereocenters. The fourth-order valence-corrected chi connectivity index (χ4v) is 3.04. The van der Waals surface area contributed by atoms with E-state index < -0.39 is 6.04 Å². The molecule has 0 fully saturated rings. The van der Waals surface area contributed by atoms with Crippen LogP contribution in [0.5, 0.6) is 0 Å². The van der Waals surface area contributed by atoms with Crippen molar-refractivity contribution in [1.82, 2.24) is 25.5 Å². The van der Waals surface area contributed by atoms with E-state index in [-0.39, 0.29) is 5.91 Å². The second kappa shape index (κ2) is 6.47. The number of carbonyl (C=O) groups excluding carboxylic acids is 1. The van der Waals surface area contributed by atoms with E-state index in [4.69, 9.17) is 4.42 Å². The van der Waals surface area contributed by atoms with Gasteiger partial charge in [-0.25, -0.2) is 0 Å². The van der Waals surface area contributed by atoms with Gasteiger partial charge in [0.2, 0.25) is 5.95 Å². The summed E-state index contributed by atoms with van der Waals surface area (Å²) < 4.78 is 7.34. The van der Waals surface area contributed by atoms with Crippen molar-refractivity contribution in [3.05, 3.63) is 70.8 Å². The zero-order valence-corrected chi connectivity index (χ0v) is 14.4. The smallest absolute Gasteiger partial charge is 0.251 e. The largest absolute Gasteiger partial charge is 0.464 e. The zero-order chi connectivity index (χ0) is 18.1. The van der Waals surface area contributed by atoms with Crippen molar-refractivity contribution < 1.29 is 9.21 Å². The lowest BCUT2D eigenvalue weighted by Crippen LogP contribution is -2.34. The first kappa shape index (κ1) is 16.1. The first-order valence-corrected chi connectivity index (χ1v) is 8.27. The molecule has 2 aromatic heterocycles. The molecule has 0 saturated carbocycles. The van der Waals surface area contributed by atoms with Crippen LogP contribution >= 0.6 is 0 Å². The first-order chi connectivity index (χ1) is 12.6. The van der Waals surface area contributed by atoms with Gasteiger partial charge in [-0.15, -0.1) is 0 Å². The number of nitrogens with zero attached hydrogens (tertiary/aromatic N) is 4. The summed E-state index contributed by atoms with van der Waals surface area (Å²) in [4.78, 5) is 13.0. The second-order valence-electron chi connectivity index (χ2n) is 6.13. The third kappa shape index (κ3) is 2.85. The molecule has 0 aliphatic carbocycles. The van der Waals surface area contributed by atoms with Crippen LogP contribution in [0.15, 0.2) is 58.2 Å². The highest BCUT2D eigenvalue weighted by Crippen LogP contribution is 2.34. The Hall–Kier alpha value is -3.42. The molecule has 0 spiro atoms. The number of anilines is 1. The minimum Gasteiger partial charge on any atom is -0.464 e. The van der Waals surface area contributed by atoms with E-state index in [1.807, 2.05) is 56.3 Å². The van der Waals surface area contributed by atoms with Gasteiger partial charge >= 0.3 is 0 Å². The molecular weight excluding hydrogens is 332 g/mol. The molecule has 0 saturated heterocycles. The Morgan fingerprint density at radius 1 is 1.23 bits per heavy atom. The van der Waals surface area contributed by atoms with Crippen molar-refractivity contribution in [2.24, 2.45) is 0 Å². The topological polar surface area (TPSA) is 97.9 Å². The highest BCUT2D eigenvalue weighted by Gasteiger charge is 2.35. The number of benzene rings is 1. The molecule has 1 aliphatic rings. The lowest BCUT2D eigenvalue weighted by atomic mass is 10.00. The van der Waals surface area contributed by atoms with Crippen LogP contribution in [0.25, 0.3) is 0 Å². The van der Waals surface area contributed by atoms with E-state index in [0.717, 1.165) is 11.3 Å². The Morgan fingerprint density at radius 2 is 2.04 bits per heavy atom. The number of aryl methyl sites for hydroxylation is 1. The van der Waals surface area contributed by atoms with Gasteiger partial charge < -0.3 is 15.1 Å². The van der Waals surface area contributed by atoms with E-state index in [2.05, 4.69) is 26.2 Å². The number of hydrogen-bond donors (Lipinski definition) is 2. The van der Waals surface area contributed by atoms with Gasteiger partial charge in [0.15, 0.2) is 0 Å². The van der Waals surface area contributed by atoms with E-state index >= 15 is 0 Å². The summed E-state index contributed by atoms with van der Waals surface area (Å²) in [6.07, 6.45) is 0. The number of aromatic nitrogens is 4. The van der Waals surface area contributed by atoms with E-state index in [1.165, 1.54) is 0 Å². The van der Waals surface area contributed by atoms with Gasteiger partial charge in [-0.1, -0.05) is 35.4 Å². The molecule has 8 heteroatoms. The van der Waals surface area contributed by atoms with Crippen molar-refractivity contribution in [3.8, 4) is 0 Å². The number of fused-ring (bicyclic) bond motifs is 1. The molecule has 0 radical (unpaired) electrons. The van der Waals surface area contributed by atoms with Crippen molar-refractivity contribution in [1.29, 1.82) is 0 Å². The number of furan rings is 1. The number of amides is 1. The lowest BCUT2D eigenvalue weighted by molar-refractivity contribution is -0.118. The molecule has 3 heterocycles. The average molecular weight is 350 g/mol. The fraction of sp³-hybridized carbons (Fsp3) is 0.222. The van der Waals surface area contributed by atoms with E-state index in [1.54, 1.807) is 4.68 Å². The van der Waals surface area contributed by atoms with Gasteiger partial charge in [0.05, 0.1) is 5.57 Å². The Labute approximate surface area is 149 Å². The molecule has 2 N–H and O–H groups in total. The Bertz CT molecular complexity index is 972. The highest BCUT2D eigenvalue weighted by molar-refractivity contribution is 5.96. The van der Waals surface area contributed by atoms with Crippen LogP contribution in [0.2, 0.25) is 0 Å². The van der Waals surface area contributed by atoms with Gasteiger partial charge in [0, 0.05) is 12.2 Å². The summed E-state index contributed by atoms with van der Waals surface area (Å²) in [5.41, 5.74) is 2.24. The van der Waals surface area contributed by atoms with Gasteiger partial charge in [-0.05, 0) is 42.0 Å². The van der Waals surface area contributed by atoms with Gasteiger partial charge in [0.25, 0.3) is 5.91 Å². The van der Waals surface area contributed by atoms with Crippen molar-refractivity contribution in [3.63, 3.8) is 0 Å². The normalized spacial score (nSPS) is 16.2. The van der Waals surface area contributed by atoms with Gasteiger partial charge in [0.1, 0.15) is 17.6 Å². The molecule has 1 aliphatic heterocycles. The number of allylic oxidation sites excluding steroid dienone is 1. The summed E-state index contributed by atoms with van der Waals surface area (Å²) in [5.74, 6) is 1.65. The molecule has 1 amide bonds. The summed E-state index contributed by atoms with van der Waals surface area (Å²) in [5, 5.41) is 17.7. The quantitative estimate of drug-likeness (QED) is 0.748. The molecule has 26 heavy (non-hydrogen) atoms. The average Bonchev–Trinajstić information content (AvgIpc) is 3.28. The maximum Gasteiger partial charge on any atom is 0.251 e. The van der Waals surface area contributed by atoms with Crippen LogP contribution in [0.1, 0.15) is 30.0 Å². The van der Waals surface area contributed by atoms with Crippen LogP contribution in [0, 0.1) is 6.92 Å². The third-order valence-corrected chi connectivity index (χ3v) is 4.29. The van der Waals surface area contributed by atoms with Crippen LogP contribution in [-0.2, 0) is 11.3 Å². The van der Waals surface area contributed by atoms with Crippen LogP contribution in [0.4, 0.5) is 5.95 Å². The Kier molecular flexibility index (Phi) is 4.00.